The lowest BCUT2D eigenvalue weighted by molar-refractivity contribution is -0.136. The zero-order chi connectivity index (χ0) is 13.3. The summed E-state index contributed by atoms with van der Waals surface area (Å²) in [5.41, 5.74) is 3.82. The van der Waals surface area contributed by atoms with Gasteiger partial charge in [-0.15, -0.1) is 11.3 Å². The van der Waals surface area contributed by atoms with Crippen LogP contribution in [0, 0.1) is 20.8 Å². The van der Waals surface area contributed by atoms with Crippen molar-refractivity contribution in [3.63, 3.8) is 0 Å². The lowest BCUT2D eigenvalue weighted by Crippen LogP contribution is -2.01. The van der Waals surface area contributed by atoms with Crippen molar-refractivity contribution in [2.75, 3.05) is 0 Å². The number of carboxylic acids is 1. The Labute approximate surface area is 109 Å². The molecular weight excluding hydrogens is 250 g/mol. The fourth-order valence-electron chi connectivity index (χ4n) is 1.89. The Balaban J connectivity index is 2.34. The van der Waals surface area contributed by atoms with Crippen LogP contribution in [0.4, 0.5) is 0 Å². The molecular formula is C12H15N3O2S. The molecule has 0 saturated heterocycles. The molecule has 6 heteroatoms. The molecule has 2 heterocycles. The fourth-order valence-corrected chi connectivity index (χ4v) is 2.70. The second-order valence-corrected chi connectivity index (χ2v) is 5.06. The summed E-state index contributed by atoms with van der Waals surface area (Å²) in [5, 5.41) is 16.0. The van der Waals surface area contributed by atoms with Crippen molar-refractivity contribution < 1.29 is 9.90 Å². The van der Waals surface area contributed by atoms with Gasteiger partial charge in [-0.25, -0.2) is 9.67 Å². The summed E-state index contributed by atoms with van der Waals surface area (Å²) in [6.45, 7) is 5.80. The molecule has 0 aliphatic carbocycles. The number of aryl methyl sites for hydroxylation is 2. The highest BCUT2D eigenvalue weighted by molar-refractivity contribution is 7.12. The first-order valence-electron chi connectivity index (χ1n) is 5.68. The van der Waals surface area contributed by atoms with E-state index in [4.69, 9.17) is 5.11 Å². The first-order valence-corrected chi connectivity index (χ1v) is 6.56. The molecule has 2 aromatic rings. The second kappa shape index (κ2) is 4.89. The van der Waals surface area contributed by atoms with Crippen LogP contribution >= 0.6 is 11.3 Å². The zero-order valence-electron chi connectivity index (χ0n) is 10.6. The summed E-state index contributed by atoms with van der Waals surface area (Å²) < 4.78 is 1.80. The Hall–Kier alpha value is -1.69. The van der Waals surface area contributed by atoms with Gasteiger partial charge in [-0.1, -0.05) is 0 Å². The molecule has 96 valence electrons. The average molecular weight is 265 g/mol. The Morgan fingerprint density at radius 1 is 1.44 bits per heavy atom. The molecule has 2 aromatic heterocycles. The molecule has 1 N–H and O–H groups in total. The van der Waals surface area contributed by atoms with Crippen molar-refractivity contribution in [2.45, 2.75) is 33.6 Å². The zero-order valence-corrected chi connectivity index (χ0v) is 11.4. The lowest BCUT2D eigenvalue weighted by atomic mass is 10.1. The topological polar surface area (TPSA) is 68.0 Å². The maximum absolute atomic E-state index is 10.6. The minimum atomic E-state index is -0.786. The normalized spacial score (nSPS) is 10.8. The molecule has 0 saturated carbocycles. The van der Waals surface area contributed by atoms with E-state index in [-0.39, 0.29) is 6.42 Å². The molecule has 18 heavy (non-hydrogen) atoms. The summed E-state index contributed by atoms with van der Waals surface area (Å²) in [4.78, 5) is 15.0. The van der Waals surface area contributed by atoms with E-state index in [0.29, 0.717) is 6.42 Å². The van der Waals surface area contributed by atoms with E-state index in [9.17, 15) is 4.79 Å². The predicted octanol–water partition coefficient (Wildman–Crippen LogP) is 2.27. The summed E-state index contributed by atoms with van der Waals surface area (Å²) in [7, 11) is 0. The number of carbonyl (C=O) groups is 1. The summed E-state index contributed by atoms with van der Waals surface area (Å²) in [5.74, 6) is -0.786. The predicted molar refractivity (Wildman–Crippen MR) is 69.4 cm³/mol. The first kappa shape index (κ1) is 12.8. The minimum absolute atomic E-state index is 0.129. The standard InChI is InChI=1S/C12H15N3O2S/c1-7-6-18-12(13-7)15-9(3)10(8(2)14-15)4-5-11(16)17/h6H,4-5H2,1-3H3,(H,16,17). The molecule has 0 amide bonds. The molecule has 0 fully saturated rings. The molecule has 5 nitrogen and oxygen atoms in total. The van der Waals surface area contributed by atoms with Gasteiger partial charge in [0, 0.05) is 17.5 Å². The smallest absolute Gasteiger partial charge is 0.303 e. The first-order chi connectivity index (χ1) is 8.49. The molecule has 0 spiro atoms. The van der Waals surface area contributed by atoms with E-state index >= 15 is 0 Å². The largest absolute Gasteiger partial charge is 0.481 e. The number of aromatic nitrogens is 3. The number of thiazole rings is 1. The summed E-state index contributed by atoms with van der Waals surface area (Å²) in [6.07, 6.45) is 0.641. The van der Waals surface area contributed by atoms with Crippen LogP contribution in [0.5, 0.6) is 0 Å². The van der Waals surface area contributed by atoms with Crippen LogP contribution in [-0.2, 0) is 11.2 Å². The maximum atomic E-state index is 10.6. The summed E-state index contributed by atoms with van der Waals surface area (Å²) >= 11 is 1.54. The van der Waals surface area contributed by atoms with Gasteiger partial charge in [-0.05, 0) is 32.8 Å². The molecule has 0 unspecified atom stereocenters. The fraction of sp³-hybridized carbons (Fsp3) is 0.417. The average Bonchev–Trinajstić information content (AvgIpc) is 2.82. The van der Waals surface area contributed by atoms with Gasteiger partial charge in [0.05, 0.1) is 11.4 Å². The van der Waals surface area contributed by atoms with Gasteiger partial charge in [-0.3, -0.25) is 4.79 Å². The number of carboxylic acid groups (broad SMARTS) is 1. The van der Waals surface area contributed by atoms with E-state index in [1.807, 2.05) is 26.2 Å². The van der Waals surface area contributed by atoms with Gasteiger partial charge in [0.15, 0.2) is 0 Å². The summed E-state index contributed by atoms with van der Waals surface area (Å²) in [6, 6.07) is 0. The Morgan fingerprint density at radius 3 is 2.72 bits per heavy atom. The van der Waals surface area contributed by atoms with E-state index < -0.39 is 5.97 Å². The SMILES string of the molecule is Cc1csc(-n2nc(C)c(CCC(=O)O)c2C)n1. The molecule has 0 atom stereocenters. The van der Waals surface area contributed by atoms with Gasteiger partial charge < -0.3 is 5.11 Å². The number of hydrogen-bond donors (Lipinski definition) is 1. The number of aliphatic carboxylic acids is 1. The Kier molecular flexibility index (Phi) is 3.47. The van der Waals surface area contributed by atoms with Crippen LogP contribution in [0.3, 0.4) is 0 Å². The Bertz CT molecular complexity index is 586. The molecule has 0 aromatic carbocycles. The quantitative estimate of drug-likeness (QED) is 0.920. The third-order valence-electron chi connectivity index (χ3n) is 2.82. The van der Waals surface area contributed by atoms with Crippen molar-refractivity contribution in [1.29, 1.82) is 0 Å². The maximum Gasteiger partial charge on any atom is 0.303 e. The van der Waals surface area contributed by atoms with E-state index in [1.54, 1.807) is 4.68 Å². The Morgan fingerprint density at radius 2 is 2.17 bits per heavy atom. The van der Waals surface area contributed by atoms with Crippen LogP contribution in [0.15, 0.2) is 5.38 Å². The number of nitrogens with zero attached hydrogens (tertiary/aromatic N) is 3. The van der Waals surface area contributed by atoms with E-state index in [1.165, 1.54) is 11.3 Å². The van der Waals surface area contributed by atoms with Gasteiger partial charge in [0.25, 0.3) is 0 Å². The van der Waals surface area contributed by atoms with Crippen LogP contribution in [-0.4, -0.2) is 25.8 Å². The monoisotopic (exact) mass is 265 g/mol. The van der Waals surface area contributed by atoms with Crippen molar-refractivity contribution in [3.05, 3.63) is 28.0 Å². The third kappa shape index (κ3) is 2.43. The number of rotatable bonds is 4. The van der Waals surface area contributed by atoms with Gasteiger partial charge in [-0.2, -0.15) is 5.10 Å². The van der Waals surface area contributed by atoms with Crippen LogP contribution in [0.2, 0.25) is 0 Å². The van der Waals surface area contributed by atoms with E-state index in [0.717, 1.165) is 27.8 Å². The molecule has 0 aliphatic rings. The highest BCUT2D eigenvalue weighted by Gasteiger charge is 2.15. The van der Waals surface area contributed by atoms with Crippen LogP contribution in [0.25, 0.3) is 5.13 Å². The highest BCUT2D eigenvalue weighted by Crippen LogP contribution is 2.21. The van der Waals surface area contributed by atoms with Crippen molar-refractivity contribution in [3.8, 4) is 5.13 Å². The van der Waals surface area contributed by atoms with Gasteiger partial charge >= 0.3 is 5.97 Å². The van der Waals surface area contributed by atoms with Crippen LogP contribution < -0.4 is 0 Å². The number of hydrogen-bond acceptors (Lipinski definition) is 4. The minimum Gasteiger partial charge on any atom is -0.481 e. The van der Waals surface area contributed by atoms with Crippen molar-refractivity contribution in [2.24, 2.45) is 0 Å². The van der Waals surface area contributed by atoms with Gasteiger partial charge in [0.2, 0.25) is 5.13 Å². The van der Waals surface area contributed by atoms with E-state index in [2.05, 4.69) is 10.1 Å². The second-order valence-electron chi connectivity index (χ2n) is 4.23. The molecule has 0 radical (unpaired) electrons. The van der Waals surface area contributed by atoms with Crippen LogP contribution in [0.1, 0.15) is 29.1 Å². The molecule has 0 aliphatic heterocycles. The molecule has 0 bridgehead atoms. The van der Waals surface area contributed by atoms with Crippen molar-refractivity contribution >= 4 is 17.3 Å². The van der Waals surface area contributed by atoms with Crippen molar-refractivity contribution in [1.82, 2.24) is 14.8 Å². The highest BCUT2D eigenvalue weighted by atomic mass is 32.1. The molecule has 2 rings (SSSR count). The third-order valence-corrected chi connectivity index (χ3v) is 3.75. The van der Waals surface area contributed by atoms with Gasteiger partial charge in [0.1, 0.15) is 0 Å². The lowest BCUT2D eigenvalue weighted by Gasteiger charge is -2.00.